The van der Waals surface area contributed by atoms with Gasteiger partial charge in [0.2, 0.25) is 5.91 Å². The fourth-order valence-corrected chi connectivity index (χ4v) is 3.41. The highest BCUT2D eigenvalue weighted by molar-refractivity contribution is 6.33. The van der Waals surface area contributed by atoms with E-state index in [0.717, 1.165) is 0 Å². The molecule has 1 aliphatic heterocycles. The lowest BCUT2D eigenvalue weighted by Gasteiger charge is -2.17. The Labute approximate surface area is 158 Å². The molecule has 0 spiro atoms. The Morgan fingerprint density at radius 3 is 2.81 bits per heavy atom. The lowest BCUT2D eigenvalue weighted by molar-refractivity contribution is -0.117. The molecular formula is C18H12Cl2FN3O2. The van der Waals surface area contributed by atoms with Crippen molar-refractivity contribution >= 4 is 34.8 Å². The second-order valence-electron chi connectivity index (χ2n) is 5.97. The molecule has 1 atom stereocenters. The molecule has 1 amide bonds. The van der Waals surface area contributed by atoms with E-state index >= 15 is 0 Å². The first kappa shape index (κ1) is 17.0. The van der Waals surface area contributed by atoms with Gasteiger partial charge in [-0.2, -0.15) is 4.98 Å². The average molecular weight is 392 g/mol. The quantitative estimate of drug-likeness (QED) is 0.648. The molecule has 3 aromatic rings. The maximum atomic E-state index is 13.2. The fourth-order valence-electron chi connectivity index (χ4n) is 2.95. The van der Waals surface area contributed by atoms with Crippen LogP contribution in [0, 0.1) is 5.82 Å². The number of nitrogens with zero attached hydrogens (tertiary/aromatic N) is 3. The third-order valence-electron chi connectivity index (χ3n) is 4.20. The largest absolute Gasteiger partial charge is 0.334 e. The lowest BCUT2D eigenvalue weighted by Crippen LogP contribution is -2.24. The van der Waals surface area contributed by atoms with E-state index in [2.05, 4.69) is 10.1 Å². The van der Waals surface area contributed by atoms with E-state index in [1.807, 2.05) is 6.07 Å². The molecule has 0 bridgehead atoms. The summed E-state index contributed by atoms with van der Waals surface area (Å²) in [5.74, 6) is -0.0357. The van der Waals surface area contributed by atoms with Gasteiger partial charge in [0.05, 0.1) is 10.7 Å². The number of anilines is 1. The Bertz CT molecular complexity index is 992. The van der Waals surface area contributed by atoms with E-state index in [1.54, 1.807) is 18.2 Å². The van der Waals surface area contributed by atoms with Gasteiger partial charge < -0.3 is 9.42 Å². The third-order valence-corrected chi connectivity index (χ3v) is 4.74. The van der Waals surface area contributed by atoms with Crippen LogP contribution in [-0.2, 0) is 4.79 Å². The van der Waals surface area contributed by atoms with Crippen molar-refractivity contribution in [2.75, 3.05) is 11.4 Å². The molecule has 1 aromatic heterocycles. The Morgan fingerprint density at radius 2 is 2.04 bits per heavy atom. The zero-order valence-electron chi connectivity index (χ0n) is 13.3. The number of amides is 1. The maximum absolute atomic E-state index is 13.2. The van der Waals surface area contributed by atoms with Gasteiger partial charge in [-0.15, -0.1) is 0 Å². The second-order valence-corrected chi connectivity index (χ2v) is 6.81. The first-order valence-corrected chi connectivity index (χ1v) is 8.62. The summed E-state index contributed by atoms with van der Waals surface area (Å²) in [6, 6.07) is 11.0. The number of hydrogen-bond acceptors (Lipinski definition) is 4. The van der Waals surface area contributed by atoms with E-state index in [-0.39, 0.29) is 23.3 Å². The summed E-state index contributed by atoms with van der Waals surface area (Å²) in [7, 11) is 0. The van der Waals surface area contributed by atoms with Gasteiger partial charge in [0, 0.05) is 29.5 Å². The summed E-state index contributed by atoms with van der Waals surface area (Å²) >= 11 is 12.1. The first-order valence-electron chi connectivity index (χ1n) is 7.86. The third kappa shape index (κ3) is 3.18. The Kier molecular flexibility index (Phi) is 4.38. The second kappa shape index (κ2) is 6.70. The summed E-state index contributed by atoms with van der Waals surface area (Å²) in [6.07, 6.45) is 0.224. The van der Waals surface area contributed by atoms with Crippen molar-refractivity contribution in [3.05, 3.63) is 64.2 Å². The molecule has 2 heterocycles. The van der Waals surface area contributed by atoms with E-state index in [0.29, 0.717) is 34.5 Å². The van der Waals surface area contributed by atoms with Gasteiger partial charge in [-0.25, -0.2) is 4.39 Å². The van der Waals surface area contributed by atoms with Gasteiger partial charge in [-0.3, -0.25) is 4.79 Å². The Balaban J connectivity index is 1.58. The molecule has 4 rings (SSSR count). The molecule has 0 radical (unpaired) electrons. The maximum Gasteiger partial charge on any atom is 0.257 e. The van der Waals surface area contributed by atoms with Gasteiger partial charge in [-0.1, -0.05) is 34.4 Å². The highest BCUT2D eigenvalue weighted by atomic mass is 35.5. The molecule has 1 unspecified atom stereocenters. The van der Waals surface area contributed by atoms with E-state index in [9.17, 15) is 9.18 Å². The summed E-state index contributed by atoms with van der Waals surface area (Å²) in [5.41, 5.74) is 1.18. The molecule has 1 saturated heterocycles. The van der Waals surface area contributed by atoms with Gasteiger partial charge in [0.1, 0.15) is 5.82 Å². The molecule has 5 nitrogen and oxygen atoms in total. The van der Waals surface area contributed by atoms with Crippen molar-refractivity contribution in [3.63, 3.8) is 0 Å². The summed E-state index contributed by atoms with van der Waals surface area (Å²) in [5, 5.41) is 4.75. The molecule has 0 N–H and O–H groups in total. The average Bonchev–Trinajstić information content (AvgIpc) is 3.22. The highest BCUT2D eigenvalue weighted by Gasteiger charge is 2.35. The standard InChI is InChI=1S/C18H12Cl2FN3O2/c19-12-3-1-2-10(6-12)18-22-17(23-26-18)11-7-16(25)24(9-11)15-5-4-13(21)8-14(15)20/h1-6,8,11H,7,9H2. The van der Waals surface area contributed by atoms with Crippen molar-refractivity contribution in [2.24, 2.45) is 0 Å². The number of carbonyl (C=O) groups excluding carboxylic acids is 1. The smallest absolute Gasteiger partial charge is 0.257 e. The Morgan fingerprint density at radius 1 is 1.19 bits per heavy atom. The molecule has 2 aromatic carbocycles. The van der Waals surface area contributed by atoms with Crippen LogP contribution in [0.4, 0.5) is 10.1 Å². The summed E-state index contributed by atoms with van der Waals surface area (Å²) < 4.78 is 18.5. The first-order chi connectivity index (χ1) is 12.5. The van der Waals surface area contributed by atoms with Gasteiger partial charge in [0.25, 0.3) is 5.89 Å². The van der Waals surface area contributed by atoms with Crippen molar-refractivity contribution in [1.82, 2.24) is 10.1 Å². The molecule has 132 valence electrons. The Hall–Kier alpha value is -2.44. The molecule has 0 aliphatic carbocycles. The topological polar surface area (TPSA) is 59.2 Å². The van der Waals surface area contributed by atoms with Crippen LogP contribution in [0.2, 0.25) is 10.0 Å². The highest BCUT2D eigenvalue weighted by Crippen LogP contribution is 2.35. The molecular weight excluding hydrogens is 380 g/mol. The number of aromatic nitrogens is 2. The van der Waals surface area contributed by atoms with Crippen LogP contribution in [0.25, 0.3) is 11.5 Å². The van der Waals surface area contributed by atoms with Gasteiger partial charge in [0.15, 0.2) is 5.82 Å². The minimum atomic E-state index is -0.453. The van der Waals surface area contributed by atoms with Crippen LogP contribution in [0.3, 0.4) is 0 Å². The number of carbonyl (C=O) groups is 1. The molecule has 1 fully saturated rings. The predicted molar refractivity (Wildman–Crippen MR) is 95.9 cm³/mol. The van der Waals surface area contributed by atoms with Crippen molar-refractivity contribution in [2.45, 2.75) is 12.3 Å². The number of benzene rings is 2. The van der Waals surface area contributed by atoms with E-state index in [4.69, 9.17) is 27.7 Å². The van der Waals surface area contributed by atoms with Crippen LogP contribution in [0.15, 0.2) is 47.0 Å². The predicted octanol–water partition coefficient (Wildman–Crippen LogP) is 4.70. The molecule has 26 heavy (non-hydrogen) atoms. The van der Waals surface area contributed by atoms with Gasteiger partial charge in [-0.05, 0) is 36.4 Å². The zero-order chi connectivity index (χ0) is 18.3. The molecule has 1 aliphatic rings. The zero-order valence-corrected chi connectivity index (χ0v) is 14.8. The van der Waals surface area contributed by atoms with Crippen molar-refractivity contribution in [3.8, 4) is 11.5 Å². The molecule has 8 heteroatoms. The lowest BCUT2D eigenvalue weighted by atomic mass is 10.1. The van der Waals surface area contributed by atoms with Crippen LogP contribution in [0.1, 0.15) is 18.2 Å². The van der Waals surface area contributed by atoms with Crippen molar-refractivity contribution < 1.29 is 13.7 Å². The van der Waals surface area contributed by atoms with Gasteiger partial charge >= 0.3 is 0 Å². The minimum Gasteiger partial charge on any atom is -0.334 e. The van der Waals surface area contributed by atoms with Crippen LogP contribution < -0.4 is 4.90 Å². The van der Waals surface area contributed by atoms with Crippen LogP contribution in [0.5, 0.6) is 0 Å². The molecule has 0 saturated carbocycles. The van der Waals surface area contributed by atoms with E-state index in [1.165, 1.54) is 23.1 Å². The SMILES string of the molecule is O=C1CC(c2noc(-c3cccc(Cl)c3)n2)CN1c1ccc(F)cc1Cl. The van der Waals surface area contributed by atoms with E-state index < -0.39 is 5.82 Å². The summed E-state index contributed by atoms with van der Waals surface area (Å²) in [6.45, 7) is 0.346. The number of halogens is 3. The van der Waals surface area contributed by atoms with Crippen LogP contribution in [-0.4, -0.2) is 22.6 Å². The monoisotopic (exact) mass is 391 g/mol. The van der Waals surface area contributed by atoms with Crippen molar-refractivity contribution in [1.29, 1.82) is 0 Å². The minimum absolute atomic E-state index is 0.127. The normalized spacial score (nSPS) is 17.1. The summed E-state index contributed by atoms with van der Waals surface area (Å²) in [4.78, 5) is 18.3. The number of rotatable bonds is 3. The fraction of sp³-hybridized carbons (Fsp3) is 0.167. The number of hydrogen-bond donors (Lipinski definition) is 0. The van der Waals surface area contributed by atoms with Crippen LogP contribution >= 0.6 is 23.2 Å².